The number of aromatic nitrogens is 3. The summed E-state index contributed by atoms with van der Waals surface area (Å²) in [4.78, 5) is 30.3. The molecule has 0 saturated carbocycles. The van der Waals surface area contributed by atoms with Gasteiger partial charge < -0.3 is 15.0 Å². The van der Waals surface area contributed by atoms with Gasteiger partial charge in [-0.3, -0.25) is 4.68 Å². The number of carbonyl (C=O) groups is 2. The van der Waals surface area contributed by atoms with E-state index in [1.807, 2.05) is 5.38 Å². The molecule has 9 heteroatoms. The van der Waals surface area contributed by atoms with Gasteiger partial charge in [0.05, 0.1) is 30.9 Å². The summed E-state index contributed by atoms with van der Waals surface area (Å²) in [7, 11) is 2.95. The third-order valence-electron chi connectivity index (χ3n) is 3.52. The van der Waals surface area contributed by atoms with Gasteiger partial charge in [0.25, 0.3) is 0 Å². The van der Waals surface area contributed by atoms with Gasteiger partial charge in [-0.05, 0) is 6.07 Å². The predicted octanol–water partition coefficient (Wildman–Crippen LogP) is 1.85. The van der Waals surface area contributed by atoms with Gasteiger partial charge in [-0.2, -0.15) is 5.10 Å². The Balaban J connectivity index is 1.97. The molecule has 2 rings (SSSR count). The Morgan fingerprint density at radius 1 is 1.44 bits per heavy atom. The lowest BCUT2D eigenvalue weighted by Gasteiger charge is -2.21. The molecule has 0 fully saturated rings. The van der Waals surface area contributed by atoms with Crippen molar-refractivity contribution in [3.63, 3.8) is 0 Å². The Labute approximate surface area is 150 Å². The average molecular weight is 365 g/mol. The molecule has 0 aromatic carbocycles. The summed E-state index contributed by atoms with van der Waals surface area (Å²) in [5, 5.41) is 9.71. The molecule has 0 aliphatic rings. The van der Waals surface area contributed by atoms with E-state index in [-0.39, 0.29) is 12.6 Å². The molecule has 25 heavy (non-hydrogen) atoms. The molecule has 0 aliphatic carbocycles. The molecule has 136 valence electrons. The SMILES string of the molecule is COC(=O)[C@H](Cn1cccn1)NC(=O)N(C)Cc1csc(C(C)C)n1. The number of amides is 2. The van der Waals surface area contributed by atoms with E-state index in [0.29, 0.717) is 12.5 Å². The topological polar surface area (TPSA) is 89.3 Å². The van der Waals surface area contributed by atoms with Crippen LogP contribution in [0.2, 0.25) is 0 Å². The van der Waals surface area contributed by atoms with Gasteiger partial charge in [0.15, 0.2) is 0 Å². The summed E-state index contributed by atoms with van der Waals surface area (Å²) in [5.74, 6) is -0.163. The van der Waals surface area contributed by atoms with Gasteiger partial charge >= 0.3 is 12.0 Å². The molecule has 2 aromatic heterocycles. The molecule has 0 saturated heterocycles. The first kappa shape index (κ1) is 18.9. The molecule has 2 amide bonds. The van der Waals surface area contributed by atoms with Gasteiger partial charge in [0.1, 0.15) is 6.04 Å². The number of carbonyl (C=O) groups excluding carboxylic acids is 2. The van der Waals surface area contributed by atoms with E-state index in [2.05, 4.69) is 29.2 Å². The van der Waals surface area contributed by atoms with Crippen LogP contribution < -0.4 is 5.32 Å². The second kappa shape index (κ2) is 8.61. The molecule has 0 spiro atoms. The van der Waals surface area contributed by atoms with E-state index < -0.39 is 12.0 Å². The Morgan fingerprint density at radius 2 is 2.20 bits per heavy atom. The zero-order valence-electron chi connectivity index (χ0n) is 14.8. The second-order valence-corrected chi connectivity index (χ2v) is 6.83. The number of thiazole rings is 1. The normalized spacial score (nSPS) is 12.0. The van der Waals surface area contributed by atoms with E-state index in [1.165, 1.54) is 12.0 Å². The average Bonchev–Trinajstić information content (AvgIpc) is 3.25. The molecule has 1 atom stereocenters. The van der Waals surface area contributed by atoms with Crippen LogP contribution in [-0.2, 0) is 22.6 Å². The number of urea groups is 1. The van der Waals surface area contributed by atoms with Crippen LogP contribution in [0.5, 0.6) is 0 Å². The van der Waals surface area contributed by atoms with Crippen LogP contribution in [0.1, 0.15) is 30.5 Å². The van der Waals surface area contributed by atoms with Gasteiger partial charge in [-0.15, -0.1) is 11.3 Å². The van der Waals surface area contributed by atoms with Crippen molar-refractivity contribution >= 4 is 23.3 Å². The maximum absolute atomic E-state index is 12.4. The minimum absolute atomic E-state index is 0.202. The smallest absolute Gasteiger partial charge is 0.330 e. The fourth-order valence-electron chi connectivity index (χ4n) is 2.15. The highest BCUT2D eigenvalue weighted by atomic mass is 32.1. The Morgan fingerprint density at radius 3 is 2.76 bits per heavy atom. The molecule has 2 aromatic rings. The number of methoxy groups -OCH3 is 1. The van der Waals surface area contributed by atoms with Gasteiger partial charge in [-0.25, -0.2) is 14.6 Å². The molecule has 0 radical (unpaired) electrons. The van der Waals surface area contributed by atoms with Crippen molar-refractivity contribution in [2.75, 3.05) is 14.2 Å². The molecule has 0 unspecified atom stereocenters. The van der Waals surface area contributed by atoms with Gasteiger partial charge in [0, 0.05) is 30.7 Å². The highest BCUT2D eigenvalue weighted by Crippen LogP contribution is 2.19. The standard InChI is InChI=1S/C16H23N5O3S/c1-11(2)14-18-12(10-25-14)8-20(3)16(23)19-13(15(22)24-4)9-21-7-5-6-17-21/h5-7,10-11,13H,8-9H2,1-4H3,(H,19,23)/t13-/m0/s1. The van der Waals surface area contributed by atoms with Crippen LogP contribution in [0.4, 0.5) is 4.79 Å². The number of ether oxygens (including phenoxy) is 1. The maximum Gasteiger partial charge on any atom is 0.330 e. The lowest BCUT2D eigenvalue weighted by atomic mass is 10.2. The summed E-state index contributed by atoms with van der Waals surface area (Å²) < 4.78 is 6.33. The van der Waals surface area contributed by atoms with Crippen molar-refractivity contribution in [1.29, 1.82) is 0 Å². The minimum Gasteiger partial charge on any atom is -0.467 e. The van der Waals surface area contributed by atoms with E-state index in [0.717, 1.165) is 10.7 Å². The summed E-state index contributed by atoms with van der Waals surface area (Å²) >= 11 is 1.58. The first-order chi connectivity index (χ1) is 11.9. The molecule has 0 aliphatic heterocycles. The first-order valence-corrected chi connectivity index (χ1v) is 8.79. The maximum atomic E-state index is 12.4. The van der Waals surface area contributed by atoms with Crippen molar-refractivity contribution < 1.29 is 14.3 Å². The first-order valence-electron chi connectivity index (χ1n) is 7.92. The van der Waals surface area contributed by atoms with Crippen LogP contribution in [-0.4, -0.2) is 51.9 Å². The van der Waals surface area contributed by atoms with Crippen LogP contribution in [0.3, 0.4) is 0 Å². The molecular weight excluding hydrogens is 342 g/mol. The van der Waals surface area contributed by atoms with Crippen LogP contribution in [0.25, 0.3) is 0 Å². The van der Waals surface area contributed by atoms with E-state index >= 15 is 0 Å². The Bertz CT molecular complexity index is 698. The second-order valence-electron chi connectivity index (χ2n) is 5.94. The fourth-order valence-corrected chi connectivity index (χ4v) is 2.98. The fraction of sp³-hybridized carbons (Fsp3) is 0.500. The lowest BCUT2D eigenvalue weighted by molar-refractivity contribution is -0.143. The number of esters is 1. The number of nitrogens with one attached hydrogen (secondary N) is 1. The molecule has 8 nitrogen and oxygen atoms in total. The monoisotopic (exact) mass is 365 g/mol. The zero-order chi connectivity index (χ0) is 18.4. The summed E-state index contributed by atoms with van der Waals surface area (Å²) in [6.07, 6.45) is 3.32. The van der Waals surface area contributed by atoms with E-state index in [4.69, 9.17) is 4.74 Å². The lowest BCUT2D eigenvalue weighted by Crippen LogP contribution is -2.48. The quantitative estimate of drug-likeness (QED) is 0.756. The van der Waals surface area contributed by atoms with Crippen molar-refractivity contribution in [2.45, 2.75) is 38.9 Å². The highest BCUT2D eigenvalue weighted by Gasteiger charge is 2.24. The molecular formula is C16H23N5O3S. The van der Waals surface area contributed by atoms with Crippen LogP contribution in [0.15, 0.2) is 23.8 Å². The summed E-state index contributed by atoms with van der Waals surface area (Å²) in [6.45, 7) is 4.72. The molecule has 1 N–H and O–H groups in total. The summed E-state index contributed by atoms with van der Waals surface area (Å²) in [6, 6.07) is 0.555. The largest absolute Gasteiger partial charge is 0.467 e. The molecule has 0 bridgehead atoms. The van der Waals surface area contributed by atoms with Crippen molar-refractivity contribution in [3.05, 3.63) is 34.5 Å². The van der Waals surface area contributed by atoms with Crippen LogP contribution in [0, 0.1) is 0 Å². The third kappa shape index (κ3) is 5.28. The summed E-state index contributed by atoms with van der Waals surface area (Å²) in [5.41, 5.74) is 0.827. The third-order valence-corrected chi connectivity index (χ3v) is 4.72. The number of hydrogen-bond donors (Lipinski definition) is 1. The Kier molecular flexibility index (Phi) is 6.51. The molecule has 2 heterocycles. The number of nitrogens with zero attached hydrogens (tertiary/aromatic N) is 4. The number of hydrogen-bond acceptors (Lipinski definition) is 6. The predicted molar refractivity (Wildman–Crippen MR) is 94.2 cm³/mol. The number of rotatable bonds is 7. The Hall–Kier alpha value is -2.42. The van der Waals surface area contributed by atoms with Crippen molar-refractivity contribution in [2.24, 2.45) is 0 Å². The van der Waals surface area contributed by atoms with Crippen molar-refractivity contribution in [1.82, 2.24) is 25.0 Å². The van der Waals surface area contributed by atoms with Crippen molar-refractivity contribution in [3.8, 4) is 0 Å². The minimum atomic E-state index is -0.818. The van der Waals surface area contributed by atoms with Gasteiger partial charge in [-0.1, -0.05) is 13.8 Å². The zero-order valence-corrected chi connectivity index (χ0v) is 15.6. The van der Waals surface area contributed by atoms with Crippen LogP contribution >= 0.6 is 11.3 Å². The van der Waals surface area contributed by atoms with E-state index in [9.17, 15) is 9.59 Å². The van der Waals surface area contributed by atoms with Gasteiger partial charge in [0.2, 0.25) is 0 Å². The van der Waals surface area contributed by atoms with E-state index in [1.54, 1.807) is 41.5 Å². The highest BCUT2D eigenvalue weighted by molar-refractivity contribution is 7.09.